The number of rotatable bonds is 4. The summed E-state index contributed by atoms with van der Waals surface area (Å²) >= 11 is 0. The maximum atomic E-state index is 13.8. The van der Waals surface area contributed by atoms with E-state index < -0.39 is 5.54 Å². The Labute approximate surface area is 180 Å². The number of hydrogen-bond acceptors (Lipinski definition) is 3. The molecule has 152 valence electrons. The van der Waals surface area contributed by atoms with Crippen LogP contribution in [0.5, 0.6) is 0 Å². The Morgan fingerprint density at radius 1 is 1.04 bits per heavy atom. The van der Waals surface area contributed by atoms with E-state index in [0.717, 1.165) is 39.0 Å². The van der Waals surface area contributed by atoms with E-state index in [-0.39, 0.29) is 30.7 Å². The third-order valence-corrected chi connectivity index (χ3v) is 5.84. The highest BCUT2D eigenvalue weighted by Crippen LogP contribution is 2.43. The number of fused-ring (bicyclic) bond motifs is 1. The third kappa shape index (κ3) is 4.06. The van der Waals surface area contributed by atoms with Crippen LogP contribution < -0.4 is 5.32 Å². The number of nitrogens with one attached hydrogen (secondary N) is 1. The second-order valence-electron chi connectivity index (χ2n) is 7.40. The second kappa shape index (κ2) is 9.75. The Kier molecular flexibility index (Phi) is 7.90. The lowest BCUT2D eigenvalue weighted by Gasteiger charge is -2.44. The van der Waals surface area contributed by atoms with Gasteiger partial charge in [-0.1, -0.05) is 54.6 Å². The SMILES string of the molecule is CN(Cc1ccccc1)C(=O)[C@]1(N2CCNCC2)CCc2ccccc21.Cl.Cl. The van der Waals surface area contributed by atoms with Crippen molar-refractivity contribution in [2.75, 3.05) is 33.2 Å². The molecule has 0 spiro atoms. The largest absolute Gasteiger partial charge is 0.340 e. The highest BCUT2D eigenvalue weighted by atomic mass is 35.5. The number of likely N-dealkylation sites (N-methyl/N-ethyl adjacent to an activating group) is 1. The number of hydrogen-bond donors (Lipinski definition) is 1. The summed E-state index contributed by atoms with van der Waals surface area (Å²) in [7, 11) is 1.94. The summed E-state index contributed by atoms with van der Waals surface area (Å²) in [6, 6.07) is 18.8. The van der Waals surface area contributed by atoms with Crippen molar-refractivity contribution in [3.63, 3.8) is 0 Å². The zero-order chi connectivity index (χ0) is 18.0. The van der Waals surface area contributed by atoms with Crippen LogP contribution in [0.15, 0.2) is 54.6 Å². The quantitative estimate of drug-likeness (QED) is 0.822. The molecule has 1 fully saturated rings. The maximum Gasteiger partial charge on any atom is 0.247 e. The van der Waals surface area contributed by atoms with Gasteiger partial charge in [0.15, 0.2) is 0 Å². The Bertz CT molecular complexity index is 780. The van der Waals surface area contributed by atoms with Gasteiger partial charge in [0.25, 0.3) is 0 Å². The summed E-state index contributed by atoms with van der Waals surface area (Å²) in [5.74, 6) is 0.230. The average molecular weight is 422 g/mol. The molecule has 0 bridgehead atoms. The van der Waals surface area contributed by atoms with E-state index in [1.165, 1.54) is 16.7 Å². The minimum Gasteiger partial charge on any atom is -0.340 e. The van der Waals surface area contributed by atoms with Gasteiger partial charge in [-0.2, -0.15) is 0 Å². The number of benzene rings is 2. The molecule has 2 aromatic carbocycles. The Morgan fingerprint density at radius 2 is 1.68 bits per heavy atom. The van der Waals surface area contributed by atoms with Gasteiger partial charge in [-0.3, -0.25) is 9.69 Å². The van der Waals surface area contributed by atoms with Crippen LogP contribution in [0, 0.1) is 0 Å². The molecule has 4 nitrogen and oxygen atoms in total. The first-order valence-electron chi connectivity index (χ1n) is 9.55. The average Bonchev–Trinajstić information content (AvgIpc) is 3.09. The van der Waals surface area contributed by atoms with Crippen LogP contribution in [0.25, 0.3) is 0 Å². The standard InChI is InChI=1S/C22H27N3O.2ClH/c1-24(17-18-7-3-2-4-8-18)21(26)22(25-15-13-23-14-16-25)12-11-19-9-5-6-10-20(19)22;;/h2-10,23H,11-17H2,1H3;2*1H/t22-;;/m0../s1. The highest BCUT2D eigenvalue weighted by Gasteiger charge is 2.50. The number of aryl methyl sites for hydroxylation is 1. The summed E-state index contributed by atoms with van der Waals surface area (Å²) in [5, 5.41) is 3.42. The van der Waals surface area contributed by atoms with E-state index in [1.54, 1.807) is 0 Å². The van der Waals surface area contributed by atoms with Crippen molar-refractivity contribution in [3.8, 4) is 0 Å². The molecule has 28 heavy (non-hydrogen) atoms. The number of carbonyl (C=O) groups excluding carboxylic acids is 1. The van der Waals surface area contributed by atoms with Crippen LogP contribution in [0.3, 0.4) is 0 Å². The predicted molar refractivity (Wildman–Crippen MR) is 118 cm³/mol. The summed E-state index contributed by atoms with van der Waals surface area (Å²) in [4.78, 5) is 18.1. The van der Waals surface area contributed by atoms with E-state index in [4.69, 9.17) is 0 Å². The van der Waals surface area contributed by atoms with Crippen LogP contribution in [-0.4, -0.2) is 48.9 Å². The van der Waals surface area contributed by atoms with Crippen LogP contribution in [0.4, 0.5) is 0 Å². The normalized spacial score (nSPS) is 21.2. The molecular formula is C22H29Cl2N3O. The zero-order valence-corrected chi connectivity index (χ0v) is 17.9. The molecule has 0 aromatic heterocycles. The zero-order valence-electron chi connectivity index (χ0n) is 16.3. The van der Waals surface area contributed by atoms with E-state index in [9.17, 15) is 4.79 Å². The van der Waals surface area contributed by atoms with E-state index in [1.807, 2.05) is 30.1 Å². The van der Waals surface area contributed by atoms with Gasteiger partial charge in [0.2, 0.25) is 5.91 Å². The molecule has 6 heteroatoms. The molecule has 1 heterocycles. The number of nitrogens with zero attached hydrogens (tertiary/aromatic N) is 2. The molecule has 1 N–H and O–H groups in total. The summed E-state index contributed by atoms with van der Waals surface area (Å²) in [6.45, 7) is 4.37. The van der Waals surface area contributed by atoms with Gasteiger partial charge >= 0.3 is 0 Å². The molecular weight excluding hydrogens is 393 g/mol. The molecule has 1 aliphatic carbocycles. The summed E-state index contributed by atoms with van der Waals surface area (Å²) in [5.41, 5.74) is 3.20. The van der Waals surface area contributed by atoms with Crippen molar-refractivity contribution >= 4 is 30.7 Å². The molecule has 0 radical (unpaired) electrons. The predicted octanol–water partition coefficient (Wildman–Crippen LogP) is 3.24. The first-order chi connectivity index (χ1) is 12.7. The lowest BCUT2D eigenvalue weighted by atomic mass is 9.87. The smallest absolute Gasteiger partial charge is 0.247 e. The lowest BCUT2D eigenvalue weighted by Crippen LogP contribution is -2.60. The van der Waals surface area contributed by atoms with Gasteiger partial charge in [0.05, 0.1) is 0 Å². The van der Waals surface area contributed by atoms with Gasteiger partial charge in [0, 0.05) is 39.8 Å². The molecule has 1 aliphatic heterocycles. The molecule has 0 unspecified atom stereocenters. The number of carbonyl (C=O) groups is 1. The minimum absolute atomic E-state index is 0. The van der Waals surface area contributed by atoms with Gasteiger partial charge in [0.1, 0.15) is 5.54 Å². The van der Waals surface area contributed by atoms with Gasteiger partial charge in [-0.15, -0.1) is 24.8 Å². The van der Waals surface area contributed by atoms with Crippen molar-refractivity contribution in [3.05, 3.63) is 71.3 Å². The maximum absolute atomic E-state index is 13.8. The van der Waals surface area contributed by atoms with Crippen molar-refractivity contribution < 1.29 is 4.79 Å². The summed E-state index contributed by atoms with van der Waals surface area (Å²) in [6.07, 6.45) is 1.86. The fraction of sp³-hybridized carbons (Fsp3) is 0.409. The van der Waals surface area contributed by atoms with Crippen molar-refractivity contribution in [1.82, 2.24) is 15.1 Å². The number of piperazine rings is 1. The van der Waals surface area contributed by atoms with E-state index >= 15 is 0 Å². The molecule has 1 atom stereocenters. The van der Waals surface area contributed by atoms with Crippen molar-refractivity contribution in [1.29, 1.82) is 0 Å². The van der Waals surface area contributed by atoms with Crippen LogP contribution in [0.2, 0.25) is 0 Å². The third-order valence-electron chi connectivity index (χ3n) is 5.84. The van der Waals surface area contributed by atoms with Gasteiger partial charge in [-0.05, 0) is 29.5 Å². The van der Waals surface area contributed by atoms with Crippen LogP contribution in [-0.2, 0) is 23.3 Å². The number of amides is 1. The van der Waals surface area contributed by atoms with Gasteiger partial charge < -0.3 is 10.2 Å². The molecule has 1 saturated heterocycles. The molecule has 4 rings (SSSR count). The highest BCUT2D eigenvalue weighted by molar-refractivity contribution is 5.89. The number of halogens is 2. The van der Waals surface area contributed by atoms with Crippen LogP contribution in [0.1, 0.15) is 23.1 Å². The Balaban J connectivity index is 0.00000140. The lowest BCUT2D eigenvalue weighted by molar-refractivity contribution is -0.145. The molecule has 2 aromatic rings. The second-order valence-corrected chi connectivity index (χ2v) is 7.40. The van der Waals surface area contributed by atoms with Crippen LogP contribution >= 0.6 is 24.8 Å². The first kappa shape index (κ1) is 22.7. The van der Waals surface area contributed by atoms with Crippen molar-refractivity contribution in [2.24, 2.45) is 0 Å². The molecule has 2 aliphatic rings. The molecule has 1 amide bonds. The fourth-order valence-corrected chi connectivity index (χ4v) is 4.57. The molecule has 0 saturated carbocycles. The van der Waals surface area contributed by atoms with E-state index in [2.05, 4.69) is 46.6 Å². The minimum atomic E-state index is -0.512. The topological polar surface area (TPSA) is 35.6 Å². The van der Waals surface area contributed by atoms with Gasteiger partial charge in [-0.25, -0.2) is 0 Å². The fourth-order valence-electron chi connectivity index (χ4n) is 4.57. The Morgan fingerprint density at radius 3 is 2.39 bits per heavy atom. The van der Waals surface area contributed by atoms with Crippen molar-refractivity contribution in [2.45, 2.75) is 24.9 Å². The Hall–Kier alpha value is -1.59. The van der Waals surface area contributed by atoms with E-state index in [0.29, 0.717) is 6.54 Å². The monoisotopic (exact) mass is 421 g/mol. The summed E-state index contributed by atoms with van der Waals surface area (Å²) < 4.78 is 0. The first-order valence-corrected chi connectivity index (χ1v) is 9.55.